The highest BCUT2D eigenvalue weighted by Crippen LogP contribution is 2.28. The maximum Gasteiger partial charge on any atom is 0.105 e. The van der Waals surface area contributed by atoms with Crippen molar-refractivity contribution in [1.29, 1.82) is 5.26 Å². The largest absolute Gasteiger partial charge is 0.297 e. The van der Waals surface area contributed by atoms with Crippen LogP contribution in [0.4, 0.5) is 0 Å². The summed E-state index contributed by atoms with van der Waals surface area (Å²) in [5.74, 6) is 0. The molecule has 18 heavy (non-hydrogen) atoms. The zero-order chi connectivity index (χ0) is 13.6. The van der Waals surface area contributed by atoms with E-state index in [1.807, 2.05) is 36.9 Å². The Morgan fingerprint density at radius 3 is 2.39 bits per heavy atom. The lowest BCUT2D eigenvalue weighted by molar-refractivity contribution is 0.382. The Morgan fingerprint density at radius 1 is 1.28 bits per heavy atom. The van der Waals surface area contributed by atoms with Crippen molar-refractivity contribution in [1.82, 2.24) is 5.32 Å². The Hall–Kier alpha value is -0.980. The lowest BCUT2D eigenvalue weighted by atomic mass is 9.97. The third-order valence-corrected chi connectivity index (χ3v) is 3.74. The second-order valence-corrected chi connectivity index (χ2v) is 6.70. The molecule has 0 amide bonds. The predicted octanol–water partition coefficient (Wildman–Crippen LogP) is 3.84. The number of nitrogens with one attached hydrogen (secondary N) is 1. The van der Waals surface area contributed by atoms with Crippen LogP contribution in [0.25, 0.3) is 0 Å². The Kier molecular flexibility index (Phi) is 5.71. The first kappa shape index (κ1) is 15.1. The highest BCUT2D eigenvalue weighted by Gasteiger charge is 2.27. The average Bonchev–Trinajstić information content (AvgIpc) is 2.28. The molecular formula is C15H22N2S. The number of nitriles is 1. The van der Waals surface area contributed by atoms with Gasteiger partial charge in [0.1, 0.15) is 5.54 Å². The topological polar surface area (TPSA) is 35.8 Å². The fourth-order valence-corrected chi connectivity index (χ4v) is 3.32. The predicted molar refractivity (Wildman–Crippen MR) is 78.7 cm³/mol. The van der Waals surface area contributed by atoms with Gasteiger partial charge in [0.05, 0.1) is 6.07 Å². The van der Waals surface area contributed by atoms with E-state index in [0.29, 0.717) is 11.3 Å². The van der Waals surface area contributed by atoms with Crippen molar-refractivity contribution in [3.63, 3.8) is 0 Å². The van der Waals surface area contributed by atoms with Crippen LogP contribution in [0, 0.1) is 11.3 Å². The summed E-state index contributed by atoms with van der Waals surface area (Å²) >= 11 is 1.82. The summed E-state index contributed by atoms with van der Waals surface area (Å²) in [7, 11) is 0. The second kappa shape index (κ2) is 6.82. The first-order valence-corrected chi connectivity index (χ1v) is 7.24. The van der Waals surface area contributed by atoms with Gasteiger partial charge in [-0.2, -0.15) is 5.26 Å². The van der Waals surface area contributed by atoms with Crippen molar-refractivity contribution >= 4 is 11.8 Å². The van der Waals surface area contributed by atoms with Crippen molar-refractivity contribution in [3.8, 4) is 6.07 Å². The van der Waals surface area contributed by atoms with Crippen molar-refractivity contribution in [2.75, 3.05) is 0 Å². The molecule has 98 valence electrons. The molecule has 1 aromatic rings. The molecule has 0 aromatic heterocycles. The highest BCUT2D eigenvalue weighted by molar-refractivity contribution is 7.99. The van der Waals surface area contributed by atoms with E-state index >= 15 is 0 Å². The van der Waals surface area contributed by atoms with Crippen molar-refractivity contribution in [2.45, 2.75) is 55.8 Å². The average molecular weight is 262 g/mol. The Bertz CT molecular complexity index is 397. The molecule has 0 saturated carbocycles. The monoisotopic (exact) mass is 262 g/mol. The number of benzene rings is 1. The SMILES string of the molecule is CC(C)NC(C)(C#N)CC(C)Sc1ccccc1. The first-order chi connectivity index (χ1) is 8.45. The lowest BCUT2D eigenvalue weighted by Gasteiger charge is -2.28. The van der Waals surface area contributed by atoms with Crippen molar-refractivity contribution in [3.05, 3.63) is 30.3 Å². The molecule has 2 atom stereocenters. The van der Waals surface area contributed by atoms with E-state index in [9.17, 15) is 5.26 Å². The smallest absolute Gasteiger partial charge is 0.105 e. The quantitative estimate of drug-likeness (QED) is 0.791. The third kappa shape index (κ3) is 5.12. The molecule has 0 aliphatic heterocycles. The normalized spacial score (nSPS) is 16.0. The van der Waals surface area contributed by atoms with E-state index < -0.39 is 5.54 Å². The molecule has 0 heterocycles. The summed E-state index contributed by atoms with van der Waals surface area (Å²) in [4.78, 5) is 1.26. The molecule has 1 rings (SSSR count). The van der Waals surface area contributed by atoms with Gasteiger partial charge < -0.3 is 0 Å². The molecule has 0 saturated heterocycles. The summed E-state index contributed by atoms with van der Waals surface area (Å²) in [5, 5.41) is 13.1. The van der Waals surface area contributed by atoms with Gasteiger partial charge in [0.2, 0.25) is 0 Å². The van der Waals surface area contributed by atoms with Crippen molar-refractivity contribution in [2.24, 2.45) is 0 Å². The fourth-order valence-electron chi connectivity index (χ4n) is 2.12. The van der Waals surface area contributed by atoms with Crippen LogP contribution < -0.4 is 5.32 Å². The number of hydrogen-bond acceptors (Lipinski definition) is 3. The van der Waals surface area contributed by atoms with Crippen LogP contribution in [0.15, 0.2) is 35.2 Å². The zero-order valence-corrected chi connectivity index (χ0v) is 12.4. The minimum absolute atomic E-state index is 0.323. The van der Waals surface area contributed by atoms with Crippen LogP contribution >= 0.6 is 11.8 Å². The van der Waals surface area contributed by atoms with E-state index in [-0.39, 0.29) is 0 Å². The summed E-state index contributed by atoms with van der Waals surface area (Å²) in [6.07, 6.45) is 0.835. The summed E-state index contributed by atoms with van der Waals surface area (Å²) in [5.41, 5.74) is -0.449. The van der Waals surface area contributed by atoms with E-state index in [1.54, 1.807) is 0 Å². The first-order valence-electron chi connectivity index (χ1n) is 6.36. The van der Waals surface area contributed by atoms with Crippen LogP contribution in [-0.2, 0) is 0 Å². The minimum atomic E-state index is -0.449. The number of rotatable bonds is 6. The second-order valence-electron chi connectivity index (χ2n) is 5.19. The van der Waals surface area contributed by atoms with Gasteiger partial charge in [0, 0.05) is 16.2 Å². The van der Waals surface area contributed by atoms with Gasteiger partial charge in [0.15, 0.2) is 0 Å². The van der Waals surface area contributed by atoms with Gasteiger partial charge in [-0.3, -0.25) is 5.32 Å². The summed E-state index contributed by atoms with van der Waals surface area (Å²) < 4.78 is 0. The van der Waals surface area contributed by atoms with E-state index in [4.69, 9.17) is 0 Å². The van der Waals surface area contributed by atoms with Gasteiger partial charge in [-0.1, -0.05) is 25.1 Å². The van der Waals surface area contributed by atoms with Crippen LogP contribution in [0.5, 0.6) is 0 Å². The number of nitrogens with zero attached hydrogens (tertiary/aromatic N) is 1. The maximum atomic E-state index is 9.33. The van der Waals surface area contributed by atoms with Crippen LogP contribution in [-0.4, -0.2) is 16.8 Å². The number of hydrogen-bond donors (Lipinski definition) is 1. The molecule has 2 nitrogen and oxygen atoms in total. The van der Waals surface area contributed by atoms with Crippen LogP contribution in [0.1, 0.15) is 34.1 Å². The molecule has 0 aliphatic carbocycles. The van der Waals surface area contributed by atoms with Crippen LogP contribution in [0.3, 0.4) is 0 Å². The Labute approximate surface area is 115 Å². The molecule has 2 unspecified atom stereocenters. The molecule has 0 aliphatic rings. The van der Waals surface area contributed by atoms with Gasteiger partial charge in [-0.15, -0.1) is 11.8 Å². The van der Waals surface area contributed by atoms with Gasteiger partial charge in [-0.05, 0) is 39.3 Å². The van der Waals surface area contributed by atoms with E-state index in [1.165, 1.54) is 4.90 Å². The highest BCUT2D eigenvalue weighted by atomic mass is 32.2. The zero-order valence-electron chi connectivity index (χ0n) is 11.6. The van der Waals surface area contributed by atoms with E-state index in [2.05, 4.69) is 44.3 Å². The Morgan fingerprint density at radius 2 is 1.89 bits per heavy atom. The molecule has 3 heteroatoms. The summed E-state index contributed by atoms with van der Waals surface area (Å²) in [6.45, 7) is 8.31. The lowest BCUT2D eigenvalue weighted by Crippen LogP contribution is -2.46. The fraction of sp³-hybridized carbons (Fsp3) is 0.533. The van der Waals surface area contributed by atoms with E-state index in [0.717, 1.165) is 6.42 Å². The number of thioether (sulfide) groups is 1. The van der Waals surface area contributed by atoms with Gasteiger partial charge in [0.25, 0.3) is 0 Å². The molecule has 0 bridgehead atoms. The van der Waals surface area contributed by atoms with Crippen molar-refractivity contribution < 1.29 is 0 Å². The molecule has 1 aromatic carbocycles. The third-order valence-electron chi connectivity index (χ3n) is 2.63. The molecule has 0 fully saturated rings. The summed E-state index contributed by atoms with van der Waals surface area (Å²) in [6, 6.07) is 13.1. The standard InChI is InChI=1S/C15H22N2S/c1-12(2)17-15(4,11-16)10-13(3)18-14-8-6-5-7-9-14/h5-9,12-13,17H,10H2,1-4H3. The molecule has 0 radical (unpaired) electrons. The van der Waals surface area contributed by atoms with Crippen LogP contribution in [0.2, 0.25) is 0 Å². The van der Waals surface area contributed by atoms with Gasteiger partial charge >= 0.3 is 0 Å². The minimum Gasteiger partial charge on any atom is -0.297 e. The Balaban J connectivity index is 2.58. The maximum absolute atomic E-state index is 9.33. The van der Waals surface area contributed by atoms with Gasteiger partial charge in [-0.25, -0.2) is 0 Å². The molecule has 0 spiro atoms. The molecular weight excluding hydrogens is 240 g/mol. The molecule has 1 N–H and O–H groups in total.